The van der Waals surface area contributed by atoms with Crippen molar-refractivity contribution in [1.29, 1.82) is 0 Å². The highest BCUT2D eigenvalue weighted by Gasteiger charge is 2.31. The van der Waals surface area contributed by atoms with Gasteiger partial charge in [0.2, 0.25) is 6.10 Å². The molecule has 0 aliphatic heterocycles. The van der Waals surface area contributed by atoms with E-state index >= 15 is 0 Å². The van der Waals surface area contributed by atoms with Gasteiger partial charge in [-0.2, -0.15) is 13.2 Å². The van der Waals surface area contributed by atoms with Crippen LogP contribution in [-0.4, -0.2) is 21.4 Å². The monoisotopic (exact) mass is 495 g/mol. The minimum atomic E-state index is -4.58. The SMILES string of the molecule is O=C(CCn1cnc2ccccc2c1=O)OC(C(=O)Nc1cccc(C(F)(F)F)c1)c1ccccc1. The van der Waals surface area contributed by atoms with Gasteiger partial charge in [0.15, 0.2) is 0 Å². The Bertz CT molecular complexity index is 1450. The number of anilines is 1. The van der Waals surface area contributed by atoms with Crippen LogP contribution in [0.3, 0.4) is 0 Å². The molecule has 0 saturated heterocycles. The number of benzene rings is 3. The predicted octanol–water partition coefficient (Wildman–Crippen LogP) is 4.73. The number of esters is 1. The molecule has 1 aromatic heterocycles. The highest BCUT2D eigenvalue weighted by Crippen LogP contribution is 2.31. The second kappa shape index (κ2) is 10.4. The largest absolute Gasteiger partial charge is 0.447 e. The number of alkyl halides is 3. The van der Waals surface area contributed by atoms with Crippen LogP contribution in [0.5, 0.6) is 0 Å². The normalized spacial score (nSPS) is 12.2. The van der Waals surface area contributed by atoms with Crippen molar-refractivity contribution in [3.63, 3.8) is 0 Å². The van der Waals surface area contributed by atoms with Gasteiger partial charge in [-0.05, 0) is 30.3 Å². The summed E-state index contributed by atoms with van der Waals surface area (Å²) in [5.41, 5.74) is -0.490. The van der Waals surface area contributed by atoms with Crippen LogP contribution < -0.4 is 10.9 Å². The van der Waals surface area contributed by atoms with E-state index in [2.05, 4.69) is 10.3 Å². The quantitative estimate of drug-likeness (QED) is 0.375. The summed E-state index contributed by atoms with van der Waals surface area (Å²) in [4.78, 5) is 42.4. The average molecular weight is 495 g/mol. The molecule has 0 spiro atoms. The summed E-state index contributed by atoms with van der Waals surface area (Å²) >= 11 is 0. The van der Waals surface area contributed by atoms with E-state index in [0.29, 0.717) is 16.5 Å². The molecule has 1 atom stereocenters. The number of hydrogen-bond acceptors (Lipinski definition) is 5. The first kappa shape index (κ1) is 24.6. The molecule has 4 rings (SSSR count). The number of rotatable bonds is 7. The lowest BCUT2D eigenvalue weighted by molar-refractivity contribution is -0.155. The molecule has 1 amide bonds. The first-order valence-corrected chi connectivity index (χ1v) is 10.9. The Hall–Kier alpha value is -4.47. The van der Waals surface area contributed by atoms with Crippen molar-refractivity contribution in [3.8, 4) is 0 Å². The maximum absolute atomic E-state index is 13.0. The van der Waals surface area contributed by atoms with Gasteiger partial charge in [-0.15, -0.1) is 0 Å². The minimum Gasteiger partial charge on any atom is -0.447 e. The Balaban J connectivity index is 1.49. The summed E-state index contributed by atoms with van der Waals surface area (Å²) in [6.07, 6.45) is -4.91. The first-order chi connectivity index (χ1) is 17.2. The van der Waals surface area contributed by atoms with Gasteiger partial charge >= 0.3 is 12.1 Å². The van der Waals surface area contributed by atoms with E-state index < -0.39 is 29.7 Å². The van der Waals surface area contributed by atoms with Crippen molar-refractivity contribution < 1.29 is 27.5 Å². The molecule has 0 aliphatic carbocycles. The van der Waals surface area contributed by atoms with Crippen LogP contribution in [0, 0.1) is 0 Å². The lowest BCUT2D eigenvalue weighted by atomic mass is 10.1. The van der Waals surface area contributed by atoms with Crippen LogP contribution >= 0.6 is 0 Å². The molecular formula is C26H20F3N3O4. The number of nitrogens with one attached hydrogen (secondary N) is 1. The fourth-order valence-electron chi connectivity index (χ4n) is 3.55. The number of amides is 1. The van der Waals surface area contributed by atoms with Crippen molar-refractivity contribution >= 4 is 28.5 Å². The van der Waals surface area contributed by atoms with E-state index in [9.17, 15) is 27.6 Å². The second-order valence-corrected chi connectivity index (χ2v) is 7.86. The fraction of sp³-hybridized carbons (Fsp3) is 0.154. The van der Waals surface area contributed by atoms with Crippen LogP contribution in [0.25, 0.3) is 10.9 Å². The van der Waals surface area contributed by atoms with E-state index in [0.717, 1.165) is 18.2 Å². The molecule has 36 heavy (non-hydrogen) atoms. The molecule has 7 nitrogen and oxygen atoms in total. The summed E-state index contributed by atoms with van der Waals surface area (Å²) in [6, 6.07) is 19.0. The Morgan fingerprint density at radius 1 is 0.972 bits per heavy atom. The molecule has 0 bridgehead atoms. The lowest BCUT2D eigenvalue weighted by Crippen LogP contribution is -2.27. The van der Waals surface area contributed by atoms with Gasteiger partial charge in [-0.25, -0.2) is 4.98 Å². The van der Waals surface area contributed by atoms with Crippen LogP contribution in [-0.2, 0) is 27.0 Å². The Labute approximate surface area is 203 Å². The Morgan fingerprint density at radius 3 is 2.44 bits per heavy atom. The van der Waals surface area contributed by atoms with Crippen LogP contribution in [0.15, 0.2) is 90.0 Å². The van der Waals surface area contributed by atoms with Crippen molar-refractivity contribution in [2.45, 2.75) is 25.2 Å². The van der Waals surface area contributed by atoms with E-state index in [-0.39, 0.29) is 24.2 Å². The van der Waals surface area contributed by atoms with Crippen molar-refractivity contribution in [3.05, 3.63) is 107 Å². The number of hydrogen-bond donors (Lipinski definition) is 1. The standard InChI is InChI=1S/C26H20F3N3O4/c27-26(28,29)18-9-6-10-19(15-18)31-24(34)23(17-7-2-1-3-8-17)36-22(33)13-14-32-16-30-21-12-5-4-11-20(21)25(32)35/h1-12,15-16,23H,13-14H2,(H,31,34). The van der Waals surface area contributed by atoms with Gasteiger partial charge in [-0.3, -0.25) is 19.0 Å². The third kappa shape index (κ3) is 5.77. The summed E-state index contributed by atoms with van der Waals surface area (Å²) in [6.45, 7) is -0.0355. The van der Waals surface area contributed by atoms with E-state index in [1.807, 2.05) is 0 Å². The molecule has 10 heteroatoms. The number of carbonyl (C=O) groups is 2. The zero-order valence-corrected chi connectivity index (χ0v) is 18.7. The smallest absolute Gasteiger partial charge is 0.416 e. The summed E-state index contributed by atoms with van der Waals surface area (Å²) in [7, 11) is 0. The lowest BCUT2D eigenvalue weighted by Gasteiger charge is -2.19. The molecule has 0 aliphatic rings. The van der Waals surface area contributed by atoms with E-state index in [1.165, 1.54) is 17.0 Å². The zero-order valence-electron chi connectivity index (χ0n) is 18.7. The van der Waals surface area contributed by atoms with Gasteiger partial charge in [0.1, 0.15) is 0 Å². The molecule has 0 radical (unpaired) electrons. The van der Waals surface area contributed by atoms with Crippen molar-refractivity contribution in [2.75, 3.05) is 5.32 Å². The number of para-hydroxylation sites is 1. The van der Waals surface area contributed by atoms with Gasteiger partial charge in [0, 0.05) is 17.8 Å². The molecular weight excluding hydrogens is 475 g/mol. The van der Waals surface area contributed by atoms with Crippen molar-refractivity contribution in [1.82, 2.24) is 9.55 Å². The summed E-state index contributed by atoms with van der Waals surface area (Å²) in [5, 5.41) is 2.78. The number of nitrogens with zero attached hydrogens (tertiary/aromatic N) is 2. The van der Waals surface area contributed by atoms with Crippen LogP contribution in [0.2, 0.25) is 0 Å². The number of ether oxygens (including phenoxy) is 1. The second-order valence-electron chi connectivity index (χ2n) is 7.86. The topological polar surface area (TPSA) is 90.3 Å². The molecule has 1 N–H and O–H groups in total. The summed E-state index contributed by atoms with van der Waals surface area (Å²) < 4.78 is 45.8. The van der Waals surface area contributed by atoms with Gasteiger partial charge in [0.05, 0.1) is 29.2 Å². The van der Waals surface area contributed by atoms with Crippen molar-refractivity contribution in [2.24, 2.45) is 0 Å². The van der Waals surface area contributed by atoms with Gasteiger partial charge in [-0.1, -0.05) is 48.5 Å². The van der Waals surface area contributed by atoms with Crippen LogP contribution in [0.1, 0.15) is 23.7 Å². The van der Waals surface area contributed by atoms with Gasteiger partial charge in [0.25, 0.3) is 11.5 Å². The first-order valence-electron chi connectivity index (χ1n) is 10.9. The number of carbonyl (C=O) groups excluding carboxylic acids is 2. The minimum absolute atomic E-state index is 0.0355. The highest BCUT2D eigenvalue weighted by atomic mass is 19.4. The number of aromatic nitrogens is 2. The maximum Gasteiger partial charge on any atom is 0.416 e. The molecule has 3 aromatic carbocycles. The van der Waals surface area contributed by atoms with Gasteiger partial charge < -0.3 is 10.1 Å². The number of halogens is 3. The highest BCUT2D eigenvalue weighted by molar-refractivity contribution is 5.96. The average Bonchev–Trinajstić information content (AvgIpc) is 2.87. The Morgan fingerprint density at radius 2 is 1.69 bits per heavy atom. The van der Waals surface area contributed by atoms with Crippen LogP contribution in [0.4, 0.5) is 18.9 Å². The Kier molecular flexibility index (Phi) is 7.14. The molecule has 1 heterocycles. The molecule has 4 aromatic rings. The third-order valence-electron chi connectivity index (χ3n) is 5.34. The third-order valence-corrected chi connectivity index (χ3v) is 5.34. The molecule has 0 fully saturated rings. The fourth-order valence-corrected chi connectivity index (χ4v) is 3.55. The molecule has 0 saturated carbocycles. The summed E-state index contributed by atoms with van der Waals surface area (Å²) in [5.74, 6) is -1.60. The van der Waals surface area contributed by atoms with E-state index in [4.69, 9.17) is 4.74 Å². The van der Waals surface area contributed by atoms with E-state index in [1.54, 1.807) is 54.6 Å². The molecule has 1 unspecified atom stereocenters. The zero-order chi connectivity index (χ0) is 25.7. The molecule has 184 valence electrons. The number of aryl methyl sites for hydroxylation is 1. The maximum atomic E-state index is 13.0. The predicted molar refractivity (Wildman–Crippen MR) is 126 cm³/mol. The number of fused-ring (bicyclic) bond motifs is 1.